The van der Waals surface area contributed by atoms with Gasteiger partial charge in [0, 0.05) is 0 Å². The Kier molecular flexibility index (Phi) is 3.14. The fourth-order valence-corrected chi connectivity index (χ4v) is 1.50. The number of aromatic carboxylic acids is 1. The van der Waals surface area contributed by atoms with E-state index in [9.17, 15) is 9.18 Å². The van der Waals surface area contributed by atoms with E-state index in [1.54, 1.807) is 30.3 Å². The van der Waals surface area contributed by atoms with E-state index in [4.69, 9.17) is 15.6 Å². The van der Waals surface area contributed by atoms with E-state index in [2.05, 4.69) is 0 Å². The van der Waals surface area contributed by atoms with Gasteiger partial charge in [-0.2, -0.15) is 0 Å². The van der Waals surface area contributed by atoms with Crippen LogP contribution in [0.3, 0.4) is 0 Å². The van der Waals surface area contributed by atoms with E-state index in [1.807, 2.05) is 0 Å². The van der Waals surface area contributed by atoms with Crippen molar-refractivity contribution in [3.63, 3.8) is 0 Å². The molecular formula is C13H10FNO3. The van der Waals surface area contributed by atoms with E-state index in [0.29, 0.717) is 5.75 Å². The van der Waals surface area contributed by atoms with Crippen molar-refractivity contribution in [2.24, 2.45) is 0 Å². The molecule has 0 aromatic heterocycles. The predicted octanol–water partition coefficient (Wildman–Crippen LogP) is 2.90. The molecule has 0 atom stereocenters. The van der Waals surface area contributed by atoms with Gasteiger partial charge < -0.3 is 15.6 Å². The fraction of sp³-hybridized carbons (Fsp3) is 0. The first-order valence-corrected chi connectivity index (χ1v) is 5.14. The summed E-state index contributed by atoms with van der Waals surface area (Å²) < 4.78 is 18.6. The van der Waals surface area contributed by atoms with Crippen LogP contribution < -0.4 is 10.5 Å². The highest BCUT2D eigenvalue weighted by molar-refractivity contribution is 5.97. The summed E-state index contributed by atoms with van der Waals surface area (Å²) in [6.45, 7) is 0. The Morgan fingerprint density at radius 1 is 1.17 bits per heavy atom. The van der Waals surface area contributed by atoms with Crippen LogP contribution in [0.25, 0.3) is 0 Å². The van der Waals surface area contributed by atoms with Crippen LogP contribution in [0.5, 0.6) is 11.5 Å². The van der Waals surface area contributed by atoms with Gasteiger partial charge in [0.05, 0.1) is 5.69 Å². The summed E-state index contributed by atoms with van der Waals surface area (Å²) in [6, 6.07) is 10.9. The zero-order valence-electron chi connectivity index (χ0n) is 9.26. The van der Waals surface area contributed by atoms with Crippen LogP contribution in [0.15, 0.2) is 42.5 Å². The second-order valence-corrected chi connectivity index (χ2v) is 3.55. The quantitative estimate of drug-likeness (QED) is 0.818. The maximum Gasteiger partial charge on any atom is 0.341 e. The van der Waals surface area contributed by atoms with E-state index in [0.717, 1.165) is 6.07 Å². The average Bonchev–Trinajstić information content (AvgIpc) is 2.35. The minimum atomic E-state index is -1.34. The first-order valence-electron chi connectivity index (χ1n) is 5.14. The van der Waals surface area contributed by atoms with Crippen LogP contribution in [-0.4, -0.2) is 11.1 Å². The van der Waals surface area contributed by atoms with Crippen molar-refractivity contribution < 1.29 is 19.0 Å². The number of nitrogen functional groups attached to an aromatic ring is 1. The van der Waals surface area contributed by atoms with E-state index < -0.39 is 17.5 Å². The Labute approximate surface area is 102 Å². The number of carbonyl (C=O) groups is 1. The van der Waals surface area contributed by atoms with Crippen molar-refractivity contribution in [2.45, 2.75) is 0 Å². The summed E-state index contributed by atoms with van der Waals surface area (Å²) in [5, 5.41) is 9.02. The first kappa shape index (κ1) is 11.9. The molecule has 0 saturated heterocycles. The lowest BCUT2D eigenvalue weighted by Gasteiger charge is -2.10. The summed E-state index contributed by atoms with van der Waals surface area (Å²) >= 11 is 0. The van der Waals surface area contributed by atoms with Gasteiger partial charge in [0.25, 0.3) is 0 Å². The van der Waals surface area contributed by atoms with Gasteiger partial charge in [0.15, 0.2) is 0 Å². The molecule has 0 radical (unpaired) electrons. The highest BCUT2D eigenvalue weighted by atomic mass is 19.1. The number of carboxylic acid groups (broad SMARTS) is 1. The molecule has 0 spiro atoms. The van der Waals surface area contributed by atoms with Crippen LogP contribution in [0.4, 0.5) is 10.1 Å². The second-order valence-electron chi connectivity index (χ2n) is 3.55. The molecule has 0 aliphatic carbocycles. The minimum Gasteiger partial charge on any atom is -0.477 e. The largest absolute Gasteiger partial charge is 0.477 e. The lowest BCUT2D eigenvalue weighted by Crippen LogP contribution is -2.07. The molecule has 0 unspecified atom stereocenters. The molecule has 2 rings (SSSR count). The molecule has 5 heteroatoms. The summed E-state index contributed by atoms with van der Waals surface area (Å²) in [6.07, 6.45) is 0. The Bertz CT molecular complexity index is 584. The molecule has 92 valence electrons. The second kappa shape index (κ2) is 4.75. The van der Waals surface area contributed by atoms with E-state index in [-0.39, 0.29) is 11.3 Å². The summed E-state index contributed by atoms with van der Waals surface area (Å²) in [5.74, 6) is -1.66. The van der Waals surface area contributed by atoms with Gasteiger partial charge in [-0.15, -0.1) is 0 Å². The summed E-state index contributed by atoms with van der Waals surface area (Å²) in [4.78, 5) is 11.1. The van der Waals surface area contributed by atoms with Crippen molar-refractivity contribution in [1.29, 1.82) is 0 Å². The van der Waals surface area contributed by atoms with Gasteiger partial charge in [0.1, 0.15) is 22.9 Å². The van der Waals surface area contributed by atoms with Crippen LogP contribution in [0, 0.1) is 5.82 Å². The highest BCUT2D eigenvalue weighted by Crippen LogP contribution is 2.30. The standard InChI is InChI=1S/C13H10FNO3/c14-9-6-7-10(11(12(9)15)13(16)17)18-8-4-2-1-3-5-8/h1-7H,15H2,(H,16,17). The van der Waals surface area contributed by atoms with Crippen molar-refractivity contribution in [3.05, 3.63) is 53.8 Å². The zero-order valence-corrected chi connectivity index (χ0v) is 9.26. The number of hydrogen-bond donors (Lipinski definition) is 2. The molecule has 3 N–H and O–H groups in total. The number of benzene rings is 2. The number of nitrogens with two attached hydrogens (primary N) is 1. The molecule has 0 aliphatic heterocycles. The van der Waals surface area contributed by atoms with Crippen molar-refractivity contribution in [3.8, 4) is 11.5 Å². The Balaban J connectivity index is 2.45. The molecule has 18 heavy (non-hydrogen) atoms. The predicted molar refractivity (Wildman–Crippen MR) is 64.3 cm³/mol. The topological polar surface area (TPSA) is 72.5 Å². The fourth-order valence-electron chi connectivity index (χ4n) is 1.50. The van der Waals surface area contributed by atoms with Gasteiger partial charge in [-0.1, -0.05) is 18.2 Å². The third-order valence-electron chi connectivity index (χ3n) is 2.34. The summed E-state index contributed by atoms with van der Waals surface area (Å²) in [5.41, 5.74) is 4.59. The maximum absolute atomic E-state index is 13.2. The number of ether oxygens (including phenoxy) is 1. The van der Waals surface area contributed by atoms with E-state index in [1.165, 1.54) is 6.07 Å². The molecular weight excluding hydrogens is 237 g/mol. The number of hydrogen-bond acceptors (Lipinski definition) is 3. The molecule has 0 amide bonds. The van der Waals surface area contributed by atoms with Gasteiger partial charge >= 0.3 is 5.97 Å². The maximum atomic E-state index is 13.2. The Hall–Kier alpha value is -2.56. The lowest BCUT2D eigenvalue weighted by molar-refractivity contribution is 0.0695. The highest BCUT2D eigenvalue weighted by Gasteiger charge is 2.19. The van der Waals surface area contributed by atoms with Crippen LogP contribution in [0.1, 0.15) is 10.4 Å². The van der Waals surface area contributed by atoms with Crippen LogP contribution in [-0.2, 0) is 0 Å². The SMILES string of the molecule is Nc1c(F)ccc(Oc2ccccc2)c1C(=O)O. The molecule has 2 aromatic carbocycles. The van der Waals surface area contributed by atoms with Crippen molar-refractivity contribution >= 4 is 11.7 Å². The molecule has 0 aliphatic rings. The molecule has 0 heterocycles. The van der Waals surface area contributed by atoms with Crippen molar-refractivity contribution in [1.82, 2.24) is 0 Å². The van der Waals surface area contributed by atoms with Crippen molar-refractivity contribution in [2.75, 3.05) is 5.73 Å². The van der Waals surface area contributed by atoms with Gasteiger partial charge in [-0.25, -0.2) is 9.18 Å². The normalized spacial score (nSPS) is 10.1. The molecule has 0 saturated carbocycles. The summed E-state index contributed by atoms with van der Waals surface area (Å²) in [7, 11) is 0. The Morgan fingerprint density at radius 3 is 2.44 bits per heavy atom. The molecule has 0 fully saturated rings. The average molecular weight is 247 g/mol. The van der Waals surface area contributed by atoms with Gasteiger partial charge in [0.2, 0.25) is 0 Å². The van der Waals surface area contributed by atoms with E-state index >= 15 is 0 Å². The van der Waals surface area contributed by atoms with Gasteiger partial charge in [-0.3, -0.25) is 0 Å². The lowest BCUT2D eigenvalue weighted by atomic mass is 10.1. The Morgan fingerprint density at radius 2 is 1.83 bits per heavy atom. The number of halogens is 1. The molecule has 0 bridgehead atoms. The smallest absolute Gasteiger partial charge is 0.341 e. The zero-order chi connectivity index (χ0) is 13.1. The number of rotatable bonds is 3. The van der Waals surface area contributed by atoms with Crippen LogP contribution in [0.2, 0.25) is 0 Å². The molecule has 2 aromatic rings. The number of carboxylic acids is 1. The number of para-hydroxylation sites is 1. The van der Waals surface area contributed by atoms with Crippen LogP contribution >= 0.6 is 0 Å². The van der Waals surface area contributed by atoms with Gasteiger partial charge in [-0.05, 0) is 24.3 Å². The third-order valence-corrected chi connectivity index (χ3v) is 2.34. The minimum absolute atomic E-state index is 0.00704. The number of anilines is 1. The molecule has 4 nitrogen and oxygen atoms in total. The first-order chi connectivity index (χ1) is 8.59. The monoisotopic (exact) mass is 247 g/mol. The third kappa shape index (κ3) is 2.24.